The Morgan fingerprint density at radius 1 is 1.22 bits per heavy atom. The molecular weight excluding hydrogens is 224 g/mol. The zero-order valence-corrected chi connectivity index (χ0v) is 12.2. The summed E-state index contributed by atoms with van der Waals surface area (Å²) < 4.78 is 0. The van der Waals surface area contributed by atoms with Crippen LogP contribution in [0.3, 0.4) is 0 Å². The third-order valence-corrected chi connectivity index (χ3v) is 4.66. The van der Waals surface area contributed by atoms with E-state index >= 15 is 0 Å². The van der Waals surface area contributed by atoms with Crippen molar-refractivity contribution in [1.29, 1.82) is 0 Å². The van der Waals surface area contributed by atoms with Gasteiger partial charge in [0.25, 0.3) is 0 Å². The fourth-order valence-electron chi connectivity index (χ4n) is 3.27. The van der Waals surface area contributed by atoms with Gasteiger partial charge in [0.2, 0.25) is 5.91 Å². The Morgan fingerprint density at radius 2 is 1.89 bits per heavy atom. The van der Waals surface area contributed by atoms with Gasteiger partial charge in [0, 0.05) is 25.6 Å². The number of nitrogens with zero attached hydrogens (tertiary/aromatic N) is 1. The highest BCUT2D eigenvalue weighted by molar-refractivity contribution is 5.77. The summed E-state index contributed by atoms with van der Waals surface area (Å²) in [4.78, 5) is 14.3. The topological polar surface area (TPSA) is 32.3 Å². The van der Waals surface area contributed by atoms with Gasteiger partial charge in [0.15, 0.2) is 0 Å². The Hall–Kier alpha value is -0.570. The standard InChI is InChI=1S/C15H28N2O/c1-15(2,3)12-6-9-17(10-7-12)14(18)11-13-5-4-8-16-13/h12-13,16H,4-11H2,1-3H3. The molecule has 3 nitrogen and oxygen atoms in total. The average molecular weight is 252 g/mol. The molecule has 104 valence electrons. The van der Waals surface area contributed by atoms with Crippen LogP contribution in [0.5, 0.6) is 0 Å². The van der Waals surface area contributed by atoms with Crippen molar-refractivity contribution in [2.45, 2.75) is 58.9 Å². The van der Waals surface area contributed by atoms with Gasteiger partial charge < -0.3 is 10.2 Å². The molecule has 1 unspecified atom stereocenters. The molecule has 0 saturated carbocycles. The highest BCUT2D eigenvalue weighted by atomic mass is 16.2. The molecule has 0 aromatic carbocycles. The molecule has 1 amide bonds. The van der Waals surface area contributed by atoms with Gasteiger partial charge in [-0.05, 0) is 43.6 Å². The third kappa shape index (κ3) is 3.47. The van der Waals surface area contributed by atoms with Crippen LogP contribution in [-0.2, 0) is 4.79 Å². The quantitative estimate of drug-likeness (QED) is 0.818. The maximum atomic E-state index is 12.2. The molecule has 2 aliphatic rings. The van der Waals surface area contributed by atoms with E-state index in [2.05, 4.69) is 31.0 Å². The zero-order valence-electron chi connectivity index (χ0n) is 12.2. The van der Waals surface area contributed by atoms with Gasteiger partial charge >= 0.3 is 0 Å². The summed E-state index contributed by atoms with van der Waals surface area (Å²) in [6.07, 6.45) is 5.45. The van der Waals surface area contributed by atoms with Crippen molar-refractivity contribution in [1.82, 2.24) is 10.2 Å². The van der Waals surface area contributed by atoms with Crippen molar-refractivity contribution in [3.63, 3.8) is 0 Å². The minimum Gasteiger partial charge on any atom is -0.343 e. The lowest BCUT2D eigenvalue weighted by Gasteiger charge is -2.39. The summed E-state index contributed by atoms with van der Waals surface area (Å²) in [7, 11) is 0. The fraction of sp³-hybridized carbons (Fsp3) is 0.933. The van der Waals surface area contributed by atoms with E-state index in [4.69, 9.17) is 0 Å². The van der Waals surface area contributed by atoms with E-state index in [1.807, 2.05) is 0 Å². The molecule has 2 saturated heterocycles. The van der Waals surface area contributed by atoms with E-state index in [-0.39, 0.29) is 0 Å². The molecule has 0 aromatic rings. The molecule has 0 spiro atoms. The van der Waals surface area contributed by atoms with Gasteiger partial charge in [-0.25, -0.2) is 0 Å². The molecule has 2 fully saturated rings. The first-order chi connectivity index (χ1) is 8.47. The predicted molar refractivity (Wildman–Crippen MR) is 74.4 cm³/mol. The summed E-state index contributed by atoms with van der Waals surface area (Å²) in [5.41, 5.74) is 0.391. The van der Waals surface area contributed by atoms with Crippen molar-refractivity contribution >= 4 is 5.91 Å². The second kappa shape index (κ2) is 5.60. The van der Waals surface area contributed by atoms with Crippen LogP contribution >= 0.6 is 0 Å². The van der Waals surface area contributed by atoms with Gasteiger partial charge in [-0.3, -0.25) is 4.79 Å². The summed E-state index contributed by atoms with van der Waals surface area (Å²) in [5, 5.41) is 3.41. The van der Waals surface area contributed by atoms with Gasteiger partial charge in [-0.15, -0.1) is 0 Å². The van der Waals surface area contributed by atoms with Crippen LogP contribution in [0.1, 0.15) is 52.9 Å². The molecule has 0 bridgehead atoms. The number of amides is 1. The summed E-state index contributed by atoms with van der Waals surface area (Å²) in [5.74, 6) is 1.13. The van der Waals surface area contributed by atoms with Crippen molar-refractivity contribution in [3.8, 4) is 0 Å². The number of rotatable bonds is 2. The molecular formula is C15H28N2O. The molecule has 0 aliphatic carbocycles. The van der Waals surface area contributed by atoms with E-state index in [1.165, 1.54) is 25.7 Å². The highest BCUT2D eigenvalue weighted by Crippen LogP contribution is 2.34. The normalized spacial score (nSPS) is 26.6. The van der Waals surface area contributed by atoms with E-state index in [1.54, 1.807) is 0 Å². The van der Waals surface area contributed by atoms with Crippen molar-refractivity contribution < 1.29 is 4.79 Å². The van der Waals surface area contributed by atoms with Crippen LogP contribution in [0.25, 0.3) is 0 Å². The Morgan fingerprint density at radius 3 is 2.39 bits per heavy atom. The maximum absolute atomic E-state index is 12.2. The first-order valence-electron chi connectivity index (χ1n) is 7.48. The molecule has 2 aliphatic heterocycles. The first-order valence-corrected chi connectivity index (χ1v) is 7.48. The number of hydrogen-bond acceptors (Lipinski definition) is 2. The van der Waals surface area contributed by atoms with E-state index in [9.17, 15) is 4.79 Å². The Bertz CT molecular complexity index is 281. The SMILES string of the molecule is CC(C)(C)C1CCN(C(=O)CC2CCCN2)CC1. The number of likely N-dealkylation sites (tertiary alicyclic amines) is 1. The smallest absolute Gasteiger partial charge is 0.224 e. The molecule has 0 aromatic heterocycles. The Labute approximate surface area is 111 Å². The molecule has 18 heavy (non-hydrogen) atoms. The molecule has 2 rings (SSSR count). The van der Waals surface area contributed by atoms with E-state index in [0.717, 1.165) is 25.6 Å². The minimum absolute atomic E-state index is 0.363. The lowest BCUT2D eigenvalue weighted by Crippen LogP contribution is -2.43. The van der Waals surface area contributed by atoms with Gasteiger partial charge in [0.1, 0.15) is 0 Å². The summed E-state index contributed by atoms with van der Waals surface area (Å²) in [6.45, 7) is 9.97. The maximum Gasteiger partial charge on any atom is 0.224 e. The summed E-state index contributed by atoms with van der Waals surface area (Å²) >= 11 is 0. The van der Waals surface area contributed by atoms with Gasteiger partial charge in [-0.1, -0.05) is 20.8 Å². The van der Waals surface area contributed by atoms with Crippen molar-refractivity contribution in [2.75, 3.05) is 19.6 Å². The number of nitrogens with one attached hydrogen (secondary N) is 1. The molecule has 2 heterocycles. The van der Waals surface area contributed by atoms with Crippen LogP contribution in [0.15, 0.2) is 0 Å². The monoisotopic (exact) mass is 252 g/mol. The van der Waals surface area contributed by atoms with Crippen LogP contribution in [-0.4, -0.2) is 36.5 Å². The number of piperidine rings is 1. The fourth-order valence-corrected chi connectivity index (χ4v) is 3.27. The van der Waals surface area contributed by atoms with Crippen LogP contribution < -0.4 is 5.32 Å². The molecule has 0 radical (unpaired) electrons. The first kappa shape index (κ1) is 13.9. The summed E-state index contributed by atoms with van der Waals surface area (Å²) in [6, 6.07) is 0.442. The Balaban J connectivity index is 1.76. The zero-order chi connectivity index (χ0) is 13.2. The number of hydrogen-bond donors (Lipinski definition) is 1. The lowest BCUT2D eigenvalue weighted by molar-refractivity contribution is -0.133. The number of carbonyl (C=O) groups excluding carboxylic acids is 1. The molecule has 3 heteroatoms. The highest BCUT2D eigenvalue weighted by Gasteiger charge is 2.31. The number of carbonyl (C=O) groups is 1. The lowest BCUT2D eigenvalue weighted by atomic mass is 9.75. The Kier molecular flexibility index (Phi) is 4.31. The van der Waals surface area contributed by atoms with Gasteiger partial charge in [-0.2, -0.15) is 0 Å². The van der Waals surface area contributed by atoms with Crippen molar-refractivity contribution in [3.05, 3.63) is 0 Å². The van der Waals surface area contributed by atoms with Crippen molar-refractivity contribution in [2.24, 2.45) is 11.3 Å². The second-order valence-corrected chi connectivity index (χ2v) is 7.02. The average Bonchev–Trinajstić information content (AvgIpc) is 2.81. The molecule has 1 N–H and O–H groups in total. The van der Waals surface area contributed by atoms with Gasteiger partial charge in [0.05, 0.1) is 0 Å². The third-order valence-electron chi connectivity index (χ3n) is 4.66. The van der Waals surface area contributed by atoms with Crippen LogP contribution in [0.2, 0.25) is 0 Å². The second-order valence-electron chi connectivity index (χ2n) is 7.02. The van der Waals surface area contributed by atoms with Crippen LogP contribution in [0, 0.1) is 11.3 Å². The van der Waals surface area contributed by atoms with E-state index in [0.29, 0.717) is 23.8 Å². The van der Waals surface area contributed by atoms with E-state index < -0.39 is 0 Å². The predicted octanol–water partition coefficient (Wildman–Crippen LogP) is 2.41. The van der Waals surface area contributed by atoms with Crippen LogP contribution in [0.4, 0.5) is 0 Å². The largest absolute Gasteiger partial charge is 0.343 e. The minimum atomic E-state index is 0.363. The molecule has 1 atom stereocenters.